The van der Waals surface area contributed by atoms with Crippen molar-refractivity contribution in [3.63, 3.8) is 0 Å². The lowest BCUT2D eigenvalue weighted by Crippen LogP contribution is -2.24. The molecule has 0 aliphatic rings. The number of nitrogens with zero attached hydrogens (tertiary/aromatic N) is 3. The summed E-state index contributed by atoms with van der Waals surface area (Å²) in [6, 6.07) is 15.2. The van der Waals surface area contributed by atoms with Gasteiger partial charge in [-0.3, -0.25) is 4.79 Å². The van der Waals surface area contributed by atoms with E-state index in [0.717, 1.165) is 22.6 Å². The van der Waals surface area contributed by atoms with Crippen LogP contribution >= 0.6 is 23.4 Å². The van der Waals surface area contributed by atoms with Crippen LogP contribution in [-0.4, -0.2) is 29.0 Å². The number of hydrogen-bond acceptors (Lipinski definition) is 5. The number of benzene rings is 2. The first kappa shape index (κ1) is 24.6. The maximum atomic E-state index is 12.7. The minimum atomic E-state index is -0.143. The van der Waals surface area contributed by atoms with Crippen LogP contribution in [0.15, 0.2) is 79.0 Å². The first-order valence-electron chi connectivity index (χ1n) is 10.5. The van der Waals surface area contributed by atoms with E-state index in [0.29, 0.717) is 34.7 Å². The number of anilines is 2. The lowest BCUT2D eigenvalue weighted by molar-refractivity contribution is 0.102. The van der Waals surface area contributed by atoms with Crippen LogP contribution < -0.4 is 10.2 Å². The Kier molecular flexibility index (Phi) is 8.69. The third-order valence-corrected chi connectivity index (χ3v) is 6.12. The second kappa shape index (κ2) is 11.7. The molecule has 1 amide bonds. The molecule has 0 unspecified atom stereocenters. The molecule has 0 saturated heterocycles. The van der Waals surface area contributed by atoms with E-state index in [4.69, 9.17) is 11.6 Å². The number of rotatable bonds is 10. The Morgan fingerprint density at radius 2 is 1.82 bits per heavy atom. The summed E-state index contributed by atoms with van der Waals surface area (Å²) in [5, 5.41) is 3.92. The van der Waals surface area contributed by atoms with Crippen molar-refractivity contribution in [2.24, 2.45) is 0 Å². The van der Waals surface area contributed by atoms with Gasteiger partial charge in [0.05, 0.1) is 0 Å². The summed E-state index contributed by atoms with van der Waals surface area (Å²) in [4.78, 5) is 23.7. The van der Waals surface area contributed by atoms with E-state index in [1.807, 2.05) is 55.1 Å². The maximum absolute atomic E-state index is 12.7. The number of thioether (sulfide) groups is 1. The maximum Gasteiger partial charge on any atom is 0.255 e. The monoisotopic (exact) mass is 478 g/mol. The van der Waals surface area contributed by atoms with Gasteiger partial charge in [-0.15, -0.1) is 13.2 Å². The third-order valence-electron chi connectivity index (χ3n) is 5.01. The number of carbonyl (C=O) groups excluding carboxylic acids is 1. The highest BCUT2D eigenvalue weighted by molar-refractivity contribution is 7.98. The number of aromatic nitrogens is 2. The third kappa shape index (κ3) is 6.94. The summed E-state index contributed by atoms with van der Waals surface area (Å²) in [5.41, 5.74) is 4.70. The standard InChI is InChI=1S/C26H27ClN4OS/c1-5-12-31(13-6-2)24-16-23(27)29-26(30-24)33-17-20-8-7-9-21(15-20)25(32)28-22-11-10-18(3)19(4)14-22/h5-11,14-16H,1-2,12-13,17H2,3-4H3,(H,28,32). The zero-order valence-electron chi connectivity index (χ0n) is 18.8. The van der Waals surface area contributed by atoms with Crippen molar-refractivity contribution in [1.29, 1.82) is 0 Å². The summed E-state index contributed by atoms with van der Waals surface area (Å²) in [5.74, 6) is 1.18. The molecule has 0 radical (unpaired) electrons. The van der Waals surface area contributed by atoms with Crippen LogP contribution in [0.4, 0.5) is 11.5 Å². The molecule has 0 spiro atoms. The van der Waals surface area contributed by atoms with Crippen molar-refractivity contribution < 1.29 is 4.79 Å². The summed E-state index contributed by atoms with van der Waals surface area (Å²) in [7, 11) is 0. The van der Waals surface area contributed by atoms with Crippen LogP contribution in [0, 0.1) is 13.8 Å². The van der Waals surface area contributed by atoms with Crippen LogP contribution in [0.5, 0.6) is 0 Å². The molecule has 1 N–H and O–H groups in total. The molecule has 7 heteroatoms. The second-order valence-electron chi connectivity index (χ2n) is 7.56. The molecule has 3 aromatic rings. The molecule has 170 valence electrons. The van der Waals surface area contributed by atoms with Crippen LogP contribution in [0.1, 0.15) is 27.0 Å². The van der Waals surface area contributed by atoms with Crippen LogP contribution in [0.3, 0.4) is 0 Å². The zero-order chi connectivity index (χ0) is 23.8. The topological polar surface area (TPSA) is 58.1 Å². The molecule has 0 atom stereocenters. The van der Waals surface area contributed by atoms with Gasteiger partial charge < -0.3 is 10.2 Å². The highest BCUT2D eigenvalue weighted by atomic mass is 35.5. The molecule has 5 nitrogen and oxygen atoms in total. The van der Waals surface area contributed by atoms with Gasteiger partial charge in [-0.2, -0.15) is 0 Å². The van der Waals surface area contributed by atoms with E-state index in [-0.39, 0.29) is 5.91 Å². The van der Waals surface area contributed by atoms with Crippen molar-refractivity contribution in [2.75, 3.05) is 23.3 Å². The zero-order valence-corrected chi connectivity index (χ0v) is 20.4. The van der Waals surface area contributed by atoms with Gasteiger partial charge >= 0.3 is 0 Å². The number of halogens is 1. The van der Waals surface area contributed by atoms with E-state index < -0.39 is 0 Å². The molecule has 3 rings (SSSR count). The summed E-state index contributed by atoms with van der Waals surface area (Å²) < 4.78 is 0. The largest absolute Gasteiger partial charge is 0.349 e. The van der Waals surface area contributed by atoms with Crippen molar-refractivity contribution in [3.8, 4) is 0 Å². The average molecular weight is 479 g/mol. The smallest absolute Gasteiger partial charge is 0.255 e. The minimum absolute atomic E-state index is 0.143. The predicted octanol–water partition coefficient (Wildman–Crippen LogP) is 6.47. The van der Waals surface area contributed by atoms with Crippen LogP contribution in [-0.2, 0) is 5.75 Å². The van der Waals surface area contributed by atoms with E-state index in [1.54, 1.807) is 24.3 Å². The van der Waals surface area contributed by atoms with Gasteiger partial charge in [-0.1, -0.05) is 53.7 Å². The van der Waals surface area contributed by atoms with Gasteiger partial charge in [0.2, 0.25) is 0 Å². The van der Waals surface area contributed by atoms with Gasteiger partial charge in [0.15, 0.2) is 5.16 Å². The van der Waals surface area contributed by atoms with E-state index in [2.05, 4.69) is 28.4 Å². The normalized spacial score (nSPS) is 10.5. The lowest BCUT2D eigenvalue weighted by atomic mass is 10.1. The van der Waals surface area contributed by atoms with Gasteiger partial charge in [0.25, 0.3) is 5.91 Å². The Bertz CT molecular complexity index is 1150. The second-order valence-corrected chi connectivity index (χ2v) is 8.89. The van der Waals surface area contributed by atoms with Crippen molar-refractivity contribution >= 4 is 40.8 Å². The first-order chi connectivity index (χ1) is 15.9. The molecule has 0 bridgehead atoms. The quantitative estimate of drug-likeness (QED) is 0.156. The molecule has 1 heterocycles. The highest BCUT2D eigenvalue weighted by Crippen LogP contribution is 2.25. The Morgan fingerprint density at radius 3 is 2.52 bits per heavy atom. The molecule has 2 aromatic carbocycles. The Morgan fingerprint density at radius 1 is 1.06 bits per heavy atom. The Balaban J connectivity index is 1.70. The minimum Gasteiger partial charge on any atom is -0.349 e. The SMILES string of the molecule is C=CCN(CC=C)c1cc(Cl)nc(SCc2cccc(C(=O)Nc3ccc(C)c(C)c3)c2)n1. The molecular formula is C26H27ClN4OS. The predicted molar refractivity (Wildman–Crippen MR) is 140 cm³/mol. The summed E-state index contributed by atoms with van der Waals surface area (Å²) >= 11 is 7.71. The highest BCUT2D eigenvalue weighted by Gasteiger charge is 2.11. The summed E-state index contributed by atoms with van der Waals surface area (Å²) in [6.07, 6.45) is 3.61. The molecule has 0 saturated carbocycles. The molecular weight excluding hydrogens is 452 g/mol. The van der Waals surface area contributed by atoms with Crippen molar-refractivity contribution in [1.82, 2.24) is 9.97 Å². The van der Waals surface area contributed by atoms with E-state index >= 15 is 0 Å². The molecule has 0 aliphatic carbocycles. The van der Waals surface area contributed by atoms with Crippen molar-refractivity contribution in [3.05, 3.63) is 101 Å². The van der Waals surface area contributed by atoms with Crippen LogP contribution in [0.25, 0.3) is 0 Å². The number of hydrogen-bond donors (Lipinski definition) is 1. The Hall–Kier alpha value is -3.09. The van der Waals surface area contributed by atoms with Crippen LogP contribution in [0.2, 0.25) is 5.15 Å². The van der Waals surface area contributed by atoms with Crippen molar-refractivity contribution in [2.45, 2.75) is 24.8 Å². The fourth-order valence-corrected chi connectivity index (χ4v) is 4.18. The fraction of sp³-hybridized carbons (Fsp3) is 0.192. The number of nitrogens with one attached hydrogen (secondary N) is 1. The van der Waals surface area contributed by atoms with Gasteiger partial charge in [-0.25, -0.2) is 9.97 Å². The molecule has 1 aromatic heterocycles. The van der Waals surface area contributed by atoms with E-state index in [9.17, 15) is 4.79 Å². The molecule has 0 aliphatic heterocycles. The van der Waals surface area contributed by atoms with Gasteiger partial charge in [-0.05, 0) is 54.8 Å². The van der Waals surface area contributed by atoms with E-state index in [1.165, 1.54) is 17.3 Å². The average Bonchev–Trinajstić information content (AvgIpc) is 2.80. The van der Waals surface area contributed by atoms with Gasteiger partial charge in [0, 0.05) is 36.2 Å². The summed E-state index contributed by atoms with van der Waals surface area (Å²) in [6.45, 7) is 12.9. The molecule has 0 fully saturated rings. The number of carbonyl (C=O) groups is 1. The molecule has 33 heavy (non-hydrogen) atoms. The van der Waals surface area contributed by atoms with Gasteiger partial charge in [0.1, 0.15) is 11.0 Å². The number of amides is 1. The Labute approximate surface area is 204 Å². The first-order valence-corrected chi connectivity index (χ1v) is 11.9. The number of aryl methyl sites for hydroxylation is 2. The fourth-order valence-electron chi connectivity index (χ4n) is 3.16. The lowest BCUT2D eigenvalue weighted by Gasteiger charge is -2.20.